The van der Waals surface area contributed by atoms with Gasteiger partial charge in [-0.05, 0) is 74.0 Å². The number of rotatable bonds is 0. The quantitative estimate of drug-likeness (QED) is 0.723. The number of ketones is 1. The lowest BCUT2D eigenvalue weighted by atomic mass is 9.45. The van der Waals surface area contributed by atoms with Crippen LogP contribution in [0, 0.1) is 34.5 Å². The molecule has 0 bridgehead atoms. The summed E-state index contributed by atoms with van der Waals surface area (Å²) in [5.41, 5.74) is 0.103. The van der Waals surface area contributed by atoms with Crippen molar-refractivity contribution >= 4 is 5.78 Å². The van der Waals surface area contributed by atoms with Gasteiger partial charge in [0.1, 0.15) is 5.78 Å². The second-order valence-corrected chi connectivity index (χ2v) is 9.08. The normalized spacial score (nSPS) is 57.9. The maximum Gasteiger partial charge on any atom is 0.139 e. The molecule has 0 spiro atoms. The molecule has 0 aromatic rings. The van der Waals surface area contributed by atoms with Crippen LogP contribution in [0.3, 0.4) is 0 Å². The summed E-state index contributed by atoms with van der Waals surface area (Å²) in [7, 11) is 0. The third-order valence-corrected chi connectivity index (χ3v) is 8.44. The van der Waals surface area contributed by atoms with Gasteiger partial charge >= 0.3 is 0 Å². The lowest BCUT2D eigenvalue weighted by molar-refractivity contribution is -0.173. The molecule has 0 aromatic carbocycles. The van der Waals surface area contributed by atoms with Crippen LogP contribution in [-0.4, -0.2) is 28.2 Å². The van der Waals surface area contributed by atoms with Gasteiger partial charge in [0.15, 0.2) is 0 Å². The molecular formula is C19H30O3. The number of carbonyl (C=O) groups excluding carboxylic acids is 1. The molecule has 2 N–H and O–H groups in total. The van der Waals surface area contributed by atoms with E-state index < -0.39 is 12.2 Å². The second kappa shape index (κ2) is 4.80. The lowest BCUT2D eigenvalue weighted by Crippen LogP contribution is -2.58. The first-order chi connectivity index (χ1) is 10.4. The fourth-order valence-corrected chi connectivity index (χ4v) is 7.09. The van der Waals surface area contributed by atoms with Crippen molar-refractivity contribution in [1.82, 2.24) is 0 Å². The highest BCUT2D eigenvalue weighted by Crippen LogP contribution is 2.65. The molecule has 4 saturated carbocycles. The Bertz CT molecular complexity index is 489. The van der Waals surface area contributed by atoms with Gasteiger partial charge in [0, 0.05) is 11.8 Å². The van der Waals surface area contributed by atoms with Crippen LogP contribution in [-0.2, 0) is 4.79 Å². The Morgan fingerprint density at radius 1 is 0.909 bits per heavy atom. The summed E-state index contributed by atoms with van der Waals surface area (Å²) in [6.45, 7) is 4.58. The Morgan fingerprint density at radius 2 is 1.68 bits per heavy atom. The van der Waals surface area contributed by atoms with Gasteiger partial charge in [0.25, 0.3) is 0 Å². The Morgan fingerprint density at radius 3 is 2.45 bits per heavy atom. The fourth-order valence-electron chi connectivity index (χ4n) is 7.09. The molecule has 0 amide bonds. The van der Waals surface area contributed by atoms with Crippen molar-refractivity contribution in [3.63, 3.8) is 0 Å². The van der Waals surface area contributed by atoms with Crippen molar-refractivity contribution in [3.8, 4) is 0 Å². The smallest absolute Gasteiger partial charge is 0.139 e. The Hall–Kier alpha value is -0.410. The highest BCUT2D eigenvalue weighted by Gasteiger charge is 2.61. The molecule has 0 saturated heterocycles. The first kappa shape index (κ1) is 15.1. The predicted molar refractivity (Wildman–Crippen MR) is 84.1 cm³/mol. The van der Waals surface area contributed by atoms with E-state index in [2.05, 4.69) is 13.8 Å². The van der Waals surface area contributed by atoms with Crippen molar-refractivity contribution in [2.45, 2.75) is 77.4 Å². The van der Waals surface area contributed by atoms with E-state index in [9.17, 15) is 15.0 Å². The molecule has 3 nitrogen and oxygen atoms in total. The molecule has 0 heterocycles. The van der Waals surface area contributed by atoms with Crippen LogP contribution in [0.2, 0.25) is 0 Å². The molecule has 0 aliphatic heterocycles. The molecule has 4 aliphatic carbocycles. The number of fused-ring (bicyclic) bond motifs is 5. The SMILES string of the molecule is C[C@]12CC[C@H](O)[C@H](O)C1CC[C@@H]1[C@@H]2CC[C@]2(C)C(=O)CC[C@@H]12. The van der Waals surface area contributed by atoms with Crippen LogP contribution >= 0.6 is 0 Å². The summed E-state index contributed by atoms with van der Waals surface area (Å²) in [6.07, 6.45) is 6.91. The standard InChI is InChI=1S/C19H30O3/c1-18-10-8-15(20)17(22)14(18)4-3-11-12-5-6-16(21)19(12,2)9-7-13(11)18/h11-15,17,20,22H,3-10H2,1-2H3/t11-,12-,13-,14?,15-,17+,18+,19-/m0/s1. The molecule has 124 valence electrons. The summed E-state index contributed by atoms with van der Waals surface area (Å²) in [5.74, 6) is 2.62. The zero-order valence-corrected chi connectivity index (χ0v) is 13.9. The van der Waals surface area contributed by atoms with Gasteiger partial charge in [-0.25, -0.2) is 0 Å². The lowest BCUT2D eigenvalue weighted by Gasteiger charge is -2.61. The number of hydrogen-bond acceptors (Lipinski definition) is 3. The van der Waals surface area contributed by atoms with E-state index in [4.69, 9.17) is 0 Å². The van der Waals surface area contributed by atoms with Gasteiger partial charge in [0.05, 0.1) is 12.2 Å². The molecule has 22 heavy (non-hydrogen) atoms. The monoisotopic (exact) mass is 306 g/mol. The molecular weight excluding hydrogens is 276 g/mol. The zero-order chi connectivity index (χ0) is 15.7. The zero-order valence-electron chi connectivity index (χ0n) is 13.9. The maximum atomic E-state index is 12.4. The van der Waals surface area contributed by atoms with Gasteiger partial charge in [-0.3, -0.25) is 4.79 Å². The van der Waals surface area contributed by atoms with E-state index in [-0.39, 0.29) is 16.7 Å². The van der Waals surface area contributed by atoms with Crippen LogP contribution in [0.25, 0.3) is 0 Å². The van der Waals surface area contributed by atoms with Crippen molar-refractivity contribution in [3.05, 3.63) is 0 Å². The van der Waals surface area contributed by atoms with Crippen LogP contribution in [0.4, 0.5) is 0 Å². The summed E-state index contributed by atoms with van der Waals surface area (Å²) in [5, 5.41) is 20.6. The molecule has 1 unspecified atom stereocenters. The molecule has 0 radical (unpaired) electrons. The van der Waals surface area contributed by atoms with Crippen molar-refractivity contribution in [1.29, 1.82) is 0 Å². The molecule has 8 atom stereocenters. The van der Waals surface area contributed by atoms with E-state index >= 15 is 0 Å². The van der Waals surface area contributed by atoms with E-state index in [1.54, 1.807) is 0 Å². The van der Waals surface area contributed by atoms with Crippen LogP contribution in [0.5, 0.6) is 0 Å². The molecule has 4 fully saturated rings. The van der Waals surface area contributed by atoms with Crippen molar-refractivity contribution in [2.75, 3.05) is 0 Å². The summed E-state index contributed by atoms with van der Waals surface area (Å²) in [4.78, 5) is 12.4. The number of aliphatic hydroxyl groups is 2. The molecule has 4 aliphatic rings. The van der Waals surface area contributed by atoms with E-state index in [1.807, 2.05) is 0 Å². The molecule has 0 aromatic heterocycles. The first-order valence-electron chi connectivity index (χ1n) is 9.27. The topological polar surface area (TPSA) is 57.5 Å². The maximum absolute atomic E-state index is 12.4. The van der Waals surface area contributed by atoms with E-state index in [0.717, 1.165) is 51.4 Å². The minimum Gasteiger partial charge on any atom is -0.390 e. The highest BCUT2D eigenvalue weighted by atomic mass is 16.3. The third-order valence-electron chi connectivity index (χ3n) is 8.44. The fraction of sp³-hybridized carbons (Fsp3) is 0.947. The third kappa shape index (κ3) is 1.78. The van der Waals surface area contributed by atoms with Gasteiger partial charge in [-0.1, -0.05) is 13.8 Å². The Balaban J connectivity index is 1.65. The number of Topliss-reactive ketones (excluding diaryl/α,β-unsaturated/α-hetero) is 1. The van der Waals surface area contributed by atoms with E-state index in [0.29, 0.717) is 23.5 Å². The first-order valence-corrected chi connectivity index (χ1v) is 9.27. The summed E-state index contributed by atoms with van der Waals surface area (Å²) in [6, 6.07) is 0. The van der Waals surface area contributed by atoms with Crippen LogP contribution in [0.15, 0.2) is 0 Å². The van der Waals surface area contributed by atoms with Crippen LogP contribution in [0.1, 0.15) is 65.2 Å². The summed E-state index contributed by atoms with van der Waals surface area (Å²) >= 11 is 0. The second-order valence-electron chi connectivity index (χ2n) is 9.08. The van der Waals surface area contributed by atoms with Gasteiger partial charge in [0.2, 0.25) is 0 Å². The van der Waals surface area contributed by atoms with Gasteiger partial charge < -0.3 is 10.2 Å². The highest BCUT2D eigenvalue weighted by molar-refractivity contribution is 5.87. The molecule has 3 heteroatoms. The van der Waals surface area contributed by atoms with E-state index in [1.165, 1.54) is 0 Å². The number of hydrogen-bond donors (Lipinski definition) is 2. The largest absolute Gasteiger partial charge is 0.390 e. The average molecular weight is 306 g/mol. The molecule has 4 rings (SSSR count). The van der Waals surface area contributed by atoms with Crippen LogP contribution < -0.4 is 0 Å². The Kier molecular flexibility index (Phi) is 3.30. The minimum absolute atomic E-state index is 0.0584. The van der Waals surface area contributed by atoms with Crippen molar-refractivity contribution in [2.24, 2.45) is 34.5 Å². The predicted octanol–water partition coefficient (Wildman–Crippen LogP) is 2.93. The minimum atomic E-state index is -0.543. The number of aliphatic hydroxyl groups excluding tert-OH is 2. The van der Waals surface area contributed by atoms with Gasteiger partial charge in [-0.2, -0.15) is 0 Å². The Labute approximate surface area is 133 Å². The van der Waals surface area contributed by atoms with Crippen molar-refractivity contribution < 1.29 is 15.0 Å². The number of carbonyl (C=O) groups is 1. The van der Waals surface area contributed by atoms with Gasteiger partial charge in [-0.15, -0.1) is 0 Å². The summed E-state index contributed by atoms with van der Waals surface area (Å²) < 4.78 is 0. The average Bonchev–Trinajstić information content (AvgIpc) is 2.79.